The summed E-state index contributed by atoms with van der Waals surface area (Å²) in [6.07, 6.45) is 5.46. The Kier molecular flexibility index (Phi) is 4.67. The maximum Gasteiger partial charge on any atom is 0.0430 e. The van der Waals surface area contributed by atoms with Gasteiger partial charge in [-0.05, 0) is 74.1 Å². The van der Waals surface area contributed by atoms with Gasteiger partial charge >= 0.3 is 0 Å². The zero-order chi connectivity index (χ0) is 22.4. The number of benzene rings is 5. The first-order valence-corrected chi connectivity index (χ1v) is 11.5. The predicted octanol–water partition coefficient (Wildman–Crippen LogP) is 7.45. The Morgan fingerprint density at radius 1 is 0.727 bits per heavy atom. The average molecular weight is 424 g/mol. The van der Waals surface area contributed by atoms with E-state index in [1.807, 2.05) is 0 Å². The molecule has 1 aliphatic carbocycles. The van der Waals surface area contributed by atoms with Crippen molar-refractivity contribution < 1.29 is 0 Å². The van der Waals surface area contributed by atoms with Crippen LogP contribution in [0.4, 0.5) is 5.69 Å². The van der Waals surface area contributed by atoms with Crippen molar-refractivity contribution in [3.8, 4) is 11.8 Å². The average Bonchev–Trinajstić information content (AvgIpc) is 2.86. The molecule has 1 atom stereocenters. The Labute approximate surface area is 195 Å². The molecule has 0 fully saturated rings. The number of hydrogen-bond acceptors (Lipinski definition) is 1. The third-order valence-corrected chi connectivity index (χ3v) is 6.75. The maximum absolute atomic E-state index is 3.53. The number of hydrogen-bond donors (Lipinski definition) is 0. The van der Waals surface area contributed by atoms with E-state index in [0.717, 1.165) is 12.0 Å². The molecular weight excluding hydrogens is 398 g/mol. The summed E-state index contributed by atoms with van der Waals surface area (Å²) in [4.78, 5) is 2.11. The molecule has 1 nitrogen and oxygen atoms in total. The topological polar surface area (TPSA) is 3.24 Å². The minimum absolute atomic E-state index is 0.210. The van der Waals surface area contributed by atoms with E-state index in [1.165, 1.54) is 49.1 Å². The molecule has 0 bridgehead atoms. The zero-order valence-electron chi connectivity index (χ0n) is 19.0. The van der Waals surface area contributed by atoms with E-state index in [1.54, 1.807) is 0 Å². The lowest BCUT2D eigenvalue weighted by Crippen LogP contribution is -2.08. The van der Waals surface area contributed by atoms with Gasteiger partial charge in [0.1, 0.15) is 0 Å². The van der Waals surface area contributed by atoms with Crippen molar-refractivity contribution in [1.82, 2.24) is 0 Å². The van der Waals surface area contributed by atoms with Crippen LogP contribution < -0.4 is 4.90 Å². The molecule has 0 unspecified atom stereocenters. The first kappa shape index (κ1) is 19.6. The highest BCUT2D eigenvalue weighted by molar-refractivity contribution is 6.21. The van der Waals surface area contributed by atoms with Crippen LogP contribution in [0.1, 0.15) is 16.7 Å². The minimum atomic E-state index is 0.210. The molecular formula is C32H25N. The van der Waals surface area contributed by atoms with Crippen LogP contribution in [-0.2, 0) is 6.42 Å². The summed E-state index contributed by atoms with van der Waals surface area (Å²) in [6.45, 7) is 0. The lowest BCUT2D eigenvalue weighted by molar-refractivity contribution is 0.830. The van der Waals surface area contributed by atoms with E-state index in [-0.39, 0.29) is 5.92 Å². The summed E-state index contributed by atoms with van der Waals surface area (Å²) in [5.41, 5.74) is 4.99. The molecule has 0 saturated carbocycles. The van der Waals surface area contributed by atoms with Crippen molar-refractivity contribution in [3.05, 3.63) is 108 Å². The highest BCUT2D eigenvalue weighted by Gasteiger charge is 2.17. The van der Waals surface area contributed by atoms with E-state index < -0.39 is 0 Å². The molecule has 0 aromatic heterocycles. The molecule has 1 heteroatoms. The zero-order valence-corrected chi connectivity index (χ0v) is 19.0. The molecule has 0 aliphatic heterocycles. The lowest BCUT2D eigenvalue weighted by Gasteiger charge is -2.20. The van der Waals surface area contributed by atoms with E-state index in [4.69, 9.17) is 0 Å². The van der Waals surface area contributed by atoms with Gasteiger partial charge in [-0.15, -0.1) is 0 Å². The summed E-state index contributed by atoms with van der Waals surface area (Å²) in [5, 5.41) is 7.97. The van der Waals surface area contributed by atoms with Gasteiger partial charge < -0.3 is 4.90 Å². The summed E-state index contributed by atoms with van der Waals surface area (Å²) in [7, 11) is 4.12. The molecule has 0 N–H and O–H groups in total. The van der Waals surface area contributed by atoms with E-state index >= 15 is 0 Å². The Bertz CT molecular complexity index is 1600. The molecule has 0 saturated heterocycles. The first-order chi connectivity index (χ1) is 16.2. The Hall–Kier alpha value is -4.02. The van der Waals surface area contributed by atoms with Crippen molar-refractivity contribution in [1.29, 1.82) is 0 Å². The van der Waals surface area contributed by atoms with Gasteiger partial charge in [-0.2, -0.15) is 0 Å². The third kappa shape index (κ3) is 3.45. The smallest absolute Gasteiger partial charge is 0.0430 e. The largest absolute Gasteiger partial charge is 0.378 e. The van der Waals surface area contributed by atoms with E-state index in [2.05, 4.69) is 128 Å². The van der Waals surface area contributed by atoms with Gasteiger partial charge in [0.15, 0.2) is 0 Å². The summed E-state index contributed by atoms with van der Waals surface area (Å²) < 4.78 is 0. The fraction of sp³-hybridized carbons (Fsp3) is 0.125. The van der Waals surface area contributed by atoms with Crippen LogP contribution in [0.15, 0.2) is 91.0 Å². The van der Waals surface area contributed by atoms with Gasteiger partial charge in [0.2, 0.25) is 0 Å². The van der Waals surface area contributed by atoms with Crippen molar-refractivity contribution in [2.24, 2.45) is 5.92 Å². The van der Waals surface area contributed by atoms with Crippen LogP contribution in [0.2, 0.25) is 0 Å². The van der Waals surface area contributed by atoms with Gasteiger partial charge in [-0.25, -0.2) is 0 Å². The lowest BCUT2D eigenvalue weighted by atomic mass is 9.84. The van der Waals surface area contributed by atoms with Crippen molar-refractivity contribution >= 4 is 44.1 Å². The number of fused-ring (bicyclic) bond motifs is 7. The second-order valence-corrected chi connectivity index (χ2v) is 9.06. The summed E-state index contributed by atoms with van der Waals surface area (Å²) in [6, 6.07) is 30.7. The third-order valence-electron chi connectivity index (χ3n) is 6.75. The fourth-order valence-corrected chi connectivity index (χ4v) is 5.00. The van der Waals surface area contributed by atoms with Gasteiger partial charge in [-0.3, -0.25) is 0 Å². The van der Waals surface area contributed by atoms with Crippen molar-refractivity contribution in [3.63, 3.8) is 0 Å². The normalized spacial score (nSPS) is 14.8. The highest BCUT2D eigenvalue weighted by atomic mass is 15.1. The highest BCUT2D eigenvalue weighted by Crippen LogP contribution is 2.38. The van der Waals surface area contributed by atoms with E-state index in [9.17, 15) is 0 Å². The number of nitrogens with zero attached hydrogens (tertiary/aromatic N) is 1. The Morgan fingerprint density at radius 2 is 1.42 bits per heavy atom. The van der Waals surface area contributed by atoms with Crippen LogP contribution in [0.25, 0.3) is 38.4 Å². The van der Waals surface area contributed by atoms with Crippen molar-refractivity contribution in [2.75, 3.05) is 19.0 Å². The number of rotatable bonds is 1. The molecule has 158 valence electrons. The summed E-state index contributed by atoms with van der Waals surface area (Å²) in [5.74, 6) is 7.14. The molecule has 0 heterocycles. The van der Waals surface area contributed by atoms with Crippen LogP contribution in [0.3, 0.4) is 0 Å². The van der Waals surface area contributed by atoms with Gasteiger partial charge in [0, 0.05) is 31.3 Å². The number of anilines is 1. The first-order valence-electron chi connectivity index (χ1n) is 11.5. The van der Waals surface area contributed by atoms with Gasteiger partial charge in [0.25, 0.3) is 0 Å². The molecule has 0 amide bonds. The fourth-order valence-electron chi connectivity index (χ4n) is 5.00. The van der Waals surface area contributed by atoms with Crippen LogP contribution >= 0.6 is 0 Å². The minimum Gasteiger partial charge on any atom is -0.378 e. The quantitative estimate of drug-likeness (QED) is 0.200. The van der Waals surface area contributed by atoms with Gasteiger partial charge in [0.05, 0.1) is 0 Å². The molecule has 0 spiro atoms. The Morgan fingerprint density at radius 3 is 2.21 bits per heavy atom. The SMILES string of the molecule is CN(C)c1ccc(C#C[C@H]2C=Cc3ccc4ccc5ccc6ccccc6c5c4c3C2)cc1. The molecule has 5 aromatic carbocycles. The predicted molar refractivity (Wildman–Crippen MR) is 143 cm³/mol. The number of allylic oxidation sites excluding steroid dienone is 1. The monoisotopic (exact) mass is 423 g/mol. The second kappa shape index (κ2) is 7.84. The van der Waals surface area contributed by atoms with Crippen LogP contribution in [0, 0.1) is 17.8 Å². The molecule has 33 heavy (non-hydrogen) atoms. The standard InChI is InChI=1S/C32H25N/c1-33(2)28-19-10-22(11-20-28)7-8-23-9-12-25-14-16-27-18-17-26-15-13-24-5-3-4-6-29(24)31(26)32(27)30(25)21-23/h3-6,9-20,23H,21H2,1-2H3/t23-/m0/s1. The van der Waals surface area contributed by atoms with Crippen LogP contribution in [0.5, 0.6) is 0 Å². The van der Waals surface area contributed by atoms with Crippen molar-refractivity contribution in [2.45, 2.75) is 6.42 Å². The molecule has 1 aliphatic rings. The molecule has 0 radical (unpaired) electrons. The maximum atomic E-state index is 3.53. The summed E-state index contributed by atoms with van der Waals surface area (Å²) >= 11 is 0. The Balaban J connectivity index is 1.47. The second-order valence-electron chi connectivity index (χ2n) is 9.06. The van der Waals surface area contributed by atoms with Gasteiger partial charge in [-0.1, -0.05) is 84.7 Å². The molecule has 5 aromatic rings. The van der Waals surface area contributed by atoms with Crippen LogP contribution in [-0.4, -0.2) is 14.1 Å². The molecule has 6 rings (SSSR count). The van der Waals surface area contributed by atoms with E-state index in [0.29, 0.717) is 0 Å².